The molecule has 2 N–H and O–H groups in total. The van der Waals surface area contributed by atoms with Crippen LogP contribution in [0.25, 0.3) is 0 Å². The van der Waals surface area contributed by atoms with Crippen molar-refractivity contribution in [3.05, 3.63) is 29.8 Å². The van der Waals surface area contributed by atoms with Crippen LogP contribution in [0, 0.1) is 0 Å². The van der Waals surface area contributed by atoms with Crippen molar-refractivity contribution in [1.82, 2.24) is 5.32 Å². The van der Waals surface area contributed by atoms with E-state index in [-0.39, 0.29) is 18.2 Å². The Morgan fingerprint density at radius 1 is 1.25 bits per heavy atom. The zero-order chi connectivity index (χ0) is 14.4. The first-order valence-electron chi connectivity index (χ1n) is 6.89. The fourth-order valence-corrected chi connectivity index (χ4v) is 2.29. The van der Waals surface area contributed by atoms with Crippen LogP contribution in [-0.4, -0.2) is 30.1 Å². The summed E-state index contributed by atoms with van der Waals surface area (Å²) < 4.78 is 5.48. The second kappa shape index (κ2) is 6.93. The Labute approximate surface area is 117 Å². The molecule has 1 aromatic carbocycles. The molecule has 0 saturated heterocycles. The van der Waals surface area contributed by atoms with E-state index in [0.29, 0.717) is 19.6 Å². The minimum atomic E-state index is -0.770. The van der Waals surface area contributed by atoms with E-state index in [0.717, 1.165) is 24.2 Å². The maximum atomic E-state index is 12.1. The highest BCUT2D eigenvalue weighted by Crippen LogP contribution is 2.33. The van der Waals surface area contributed by atoms with Gasteiger partial charge in [-0.3, -0.25) is 9.59 Å². The molecule has 1 atom stereocenters. The van der Waals surface area contributed by atoms with Gasteiger partial charge in [0.25, 0.3) is 0 Å². The highest BCUT2D eigenvalue weighted by atomic mass is 16.5. The van der Waals surface area contributed by atoms with Gasteiger partial charge in [0.2, 0.25) is 5.91 Å². The van der Waals surface area contributed by atoms with Crippen LogP contribution in [0.3, 0.4) is 0 Å². The van der Waals surface area contributed by atoms with Gasteiger partial charge in [0.1, 0.15) is 18.3 Å². The average molecular weight is 277 g/mol. The summed E-state index contributed by atoms with van der Waals surface area (Å²) in [6.45, 7) is 0.974. The molecule has 20 heavy (non-hydrogen) atoms. The topological polar surface area (TPSA) is 75.6 Å². The van der Waals surface area contributed by atoms with Gasteiger partial charge in [-0.1, -0.05) is 24.6 Å². The van der Waals surface area contributed by atoms with Crippen molar-refractivity contribution in [3.63, 3.8) is 0 Å². The molecule has 5 nitrogen and oxygen atoms in total. The number of hydrogen-bond donors (Lipinski definition) is 2. The van der Waals surface area contributed by atoms with Crippen molar-refractivity contribution in [2.45, 2.75) is 31.6 Å². The van der Waals surface area contributed by atoms with Gasteiger partial charge < -0.3 is 15.2 Å². The quantitative estimate of drug-likeness (QED) is 0.747. The molecule has 1 aromatic rings. The largest absolute Gasteiger partial charge is 0.492 e. The molecule has 0 saturated carbocycles. The second-order valence-electron chi connectivity index (χ2n) is 4.90. The van der Waals surface area contributed by atoms with Crippen LogP contribution < -0.4 is 10.1 Å². The van der Waals surface area contributed by atoms with Gasteiger partial charge in [-0.2, -0.15) is 0 Å². The van der Waals surface area contributed by atoms with E-state index in [9.17, 15) is 9.59 Å². The molecule has 5 heteroatoms. The number of carbonyl (C=O) groups is 2. The van der Waals surface area contributed by atoms with Crippen molar-refractivity contribution in [2.75, 3.05) is 13.2 Å². The molecular formula is C15H19NO4. The third-order valence-corrected chi connectivity index (χ3v) is 3.38. The Bertz CT molecular complexity index is 487. The number of para-hydroxylation sites is 1. The summed E-state index contributed by atoms with van der Waals surface area (Å²) in [6.07, 6.45) is 2.46. The Morgan fingerprint density at radius 2 is 2.05 bits per heavy atom. The summed E-state index contributed by atoms with van der Waals surface area (Å²) in [4.78, 5) is 22.4. The van der Waals surface area contributed by atoms with Crippen LogP contribution in [-0.2, 0) is 9.59 Å². The summed E-state index contributed by atoms with van der Waals surface area (Å²) in [5.74, 6) is -0.235. The molecule has 1 heterocycles. The van der Waals surface area contributed by atoms with E-state index >= 15 is 0 Å². The standard InChI is InChI=1S/C15H19NO4/c17-14(18)8-2-1-5-9-16-15(19)12-10-20-13-7-4-3-6-11(12)13/h3-4,6-7,12H,1-2,5,8-10H2,(H,16,19)(H,17,18). The number of ether oxygens (including phenoxy) is 1. The third kappa shape index (κ3) is 3.73. The molecule has 0 fully saturated rings. The van der Waals surface area contributed by atoms with E-state index in [2.05, 4.69) is 5.32 Å². The number of carbonyl (C=O) groups excluding carboxylic acids is 1. The van der Waals surface area contributed by atoms with Gasteiger partial charge in [-0.15, -0.1) is 0 Å². The zero-order valence-corrected chi connectivity index (χ0v) is 11.3. The monoisotopic (exact) mass is 277 g/mol. The van der Waals surface area contributed by atoms with E-state index < -0.39 is 5.97 Å². The molecule has 108 valence electrons. The first kappa shape index (κ1) is 14.4. The Morgan fingerprint density at radius 3 is 2.85 bits per heavy atom. The van der Waals surface area contributed by atoms with Crippen molar-refractivity contribution in [1.29, 1.82) is 0 Å². The number of carboxylic acid groups (broad SMARTS) is 1. The predicted octanol–water partition coefficient (Wildman–Crippen LogP) is 1.92. The normalized spacial score (nSPS) is 16.3. The molecule has 1 amide bonds. The molecule has 0 aliphatic carbocycles. The lowest BCUT2D eigenvalue weighted by molar-refractivity contribution is -0.137. The third-order valence-electron chi connectivity index (χ3n) is 3.38. The van der Waals surface area contributed by atoms with Gasteiger partial charge in [-0.05, 0) is 18.9 Å². The number of nitrogens with one attached hydrogen (secondary N) is 1. The van der Waals surface area contributed by atoms with Gasteiger partial charge in [0, 0.05) is 18.5 Å². The molecule has 1 unspecified atom stereocenters. The number of carboxylic acids is 1. The predicted molar refractivity (Wildman–Crippen MR) is 73.8 cm³/mol. The van der Waals surface area contributed by atoms with Crippen LogP contribution in [0.2, 0.25) is 0 Å². The van der Waals surface area contributed by atoms with E-state index in [1.165, 1.54) is 0 Å². The van der Waals surface area contributed by atoms with Crippen LogP contribution >= 0.6 is 0 Å². The second-order valence-corrected chi connectivity index (χ2v) is 4.90. The van der Waals surface area contributed by atoms with Crippen molar-refractivity contribution >= 4 is 11.9 Å². The van der Waals surface area contributed by atoms with Crippen LogP contribution in [0.1, 0.15) is 37.2 Å². The minimum Gasteiger partial charge on any atom is -0.492 e. The van der Waals surface area contributed by atoms with Gasteiger partial charge in [0.05, 0.1) is 0 Å². The van der Waals surface area contributed by atoms with E-state index in [1.54, 1.807) is 0 Å². The lowest BCUT2D eigenvalue weighted by Gasteiger charge is -2.10. The zero-order valence-electron chi connectivity index (χ0n) is 11.3. The number of hydrogen-bond acceptors (Lipinski definition) is 3. The lowest BCUT2D eigenvalue weighted by atomic mass is 10.0. The summed E-state index contributed by atoms with van der Waals surface area (Å²) in [5, 5.41) is 11.4. The first-order valence-corrected chi connectivity index (χ1v) is 6.89. The lowest BCUT2D eigenvalue weighted by Crippen LogP contribution is -2.30. The average Bonchev–Trinajstić information content (AvgIpc) is 2.86. The van der Waals surface area contributed by atoms with Crippen molar-refractivity contribution in [3.8, 4) is 5.75 Å². The maximum absolute atomic E-state index is 12.1. The minimum absolute atomic E-state index is 0.0202. The molecule has 1 aliphatic rings. The van der Waals surface area contributed by atoms with Crippen LogP contribution in [0.5, 0.6) is 5.75 Å². The van der Waals surface area contributed by atoms with Crippen molar-refractivity contribution in [2.24, 2.45) is 0 Å². The molecule has 2 rings (SSSR count). The fourth-order valence-electron chi connectivity index (χ4n) is 2.29. The van der Waals surface area contributed by atoms with Gasteiger partial charge >= 0.3 is 5.97 Å². The summed E-state index contributed by atoms with van der Waals surface area (Å²) >= 11 is 0. The first-order chi connectivity index (χ1) is 9.68. The molecule has 0 aromatic heterocycles. The number of benzene rings is 1. The van der Waals surface area contributed by atoms with Gasteiger partial charge in [0.15, 0.2) is 0 Å². The molecule has 0 spiro atoms. The smallest absolute Gasteiger partial charge is 0.303 e. The Hall–Kier alpha value is -2.04. The SMILES string of the molecule is O=C(O)CCCCCNC(=O)C1COc2ccccc21. The number of fused-ring (bicyclic) bond motifs is 1. The van der Waals surface area contributed by atoms with Crippen LogP contribution in [0.15, 0.2) is 24.3 Å². The fraction of sp³-hybridized carbons (Fsp3) is 0.467. The molecular weight excluding hydrogens is 258 g/mol. The van der Waals surface area contributed by atoms with Gasteiger partial charge in [-0.25, -0.2) is 0 Å². The number of amides is 1. The van der Waals surface area contributed by atoms with Crippen LogP contribution in [0.4, 0.5) is 0 Å². The Balaban J connectivity index is 1.70. The van der Waals surface area contributed by atoms with Crippen molar-refractivity contribution < 1.29 is 19.4 Å². The Kier molecular flexibility index (Phi) is 4.98. The molecule has 0 radical (unpaired) electrons. The number of aliphatic carboxylic acids is 1. The summed E-state index contributed by atoms with van der Waals surface area (Å²) in [6, 6.07) is 7.58. The molecule has 1 aliphatic heterocycles. The van der Waals surface area contributed by atoms with E-state index in [1.807, 2.05) is 24.3 Å². The number of rotatable bonds is 7. The summed E-state index contributed by atoms with van der Waals surface area (Å²) in [7, 11) is 0. The highest BCUT2D eigenvalue weighted by molar-refractivity contribution is 5.85. The summed E-state index contributed by atoms with van der Waals surface area (Å²) in [5.41, 5.74) is 0.941. The number of unbranched alkanes of at least 4 members (excludes halogenated alkanes) is 2. The maximum Gasteiger partial charge on any atom is 0.303 e. The molecule has 0 bridgehead atoms. The highest BCUT2D eigenvalue weighted by Gasteiger charge is 2.29. The van der Waals surface area contributed by atoms with E-state index in [4.69, 9.17) is 9.84 Å².